The summed E-state index contributed by atoms with van der Waals surface area (Å²) < 4.78 is 19.4. The maximum absolute atomic E-state index is 14.3. The molecule has 1 aliphatic rings. The van der Waals surface area contributed by atoms with Crippen molar-refractivity contribution < 1.29 is 14.2 Å². The summed E-state index contributed by atoms with van der Waals surface area (Å²) in [4.78, 5) is 8.28. The summed E-state index contributed by atoms with van der Waals surface area (Å²) in [5.74, 6) is 0.220. The molecule has 1 aliphatic heterocycles. The molecule has 0 unspecified atom stereocenters. The topological polar surface area (TPSA) is 94.6 Å². The number of methoxy groups -OCH3 is 1. The Morgan fingerprint density at radius 3 is 2.81 bits per heavy atom. The lowest BCUT2D eigenvalue weighted by Crippen LogP contribution is -2.33. The van der Waals surface area contributed by atoms with Crippen LogP contribution in [0.15, 0.2) is 42.6 Å². The van der Waals surface area contributed by atoms with Gasteiger partial charge in [-0.3, -0.25) is 0 Å². The lowest BCUT2D eigenvalue weighted by Gasteiger charge is -2.18. The number of aliphatic hydroxyl groups excluding tert-OH is 1. The second-order valence-corrected chi connectivity index (χ2v) is 7.30. The first-order chi connectivity index (χ1) is 15.1. The number of fused-ring (bicyclic) bond motifs is 1. The highest BCUT2D eigenvalue weighted by Gasteiger charge is 2.18. The van der Waals surface area contributed by atoms with Gasteiger partial charge in [0, 0.05) is 31.1 Å². The van der Waals surface area contributed by atoms with Crippen LogP contribution in [-0.2, 0) is 6.54 Å². The van der Waals surface area contributed by atoms with Gasteiger partial charge in [0.15, 0.2) is 11.6 Å². The quantitative estimate of drug-likeness (QED) is 0.414. The van der Waals surface area contributed by atoms with Crippen molar-refractivity contribution in [2.24, 2.45) is 0 Å². The molecular weight excluding hydrogens is 423 g/mol. The van der Waals surface area contributed by atoms with Crippen LogP contribution < -0.4 is 25.8 Å². The van der Waals surface area contributed by atoms with Crippen LogP contribution in [0.4, 0.5) is 33.2 Å². The van der Waals surface area contributed by atoms with Crippen LogP contribution in [0.3, 0.4) is 0 Å². The van der Waals surface area contributed by atoms with Crippen molar-refractivity contribution in [3.8, 4) is 5.75 Å². The lowest BCUT2D eigenvalue weighted by atomic mass is 10.1. The van der Waals surface area contributed by atoms with E-state index in [1.807, 2.05) is 23.2 Å². The molecule has 3 aromatic rings. The molecule has 2 heterocycles. The summed E-state index contributed by atoms with van der Waals surface area (Å²) in [5, 5.41) is 17.5. The minimum atomic E-state index is -0.588. The molecule has 1 aromatic heterocycles. The summed E-state index contributed by atoms with van der Waals surface area (Å²) in [6.45, 7) is 1.56. The zero-order valence-electron chi connectivity index (χ0n) is 16.8. The average Bonchev–Trinajstić information content (AvgIpc) is 3.17. The molecule has 0 aliphatic carbocycles. The summed E-state index contributed by atoms with van der Waals surface area (Å²) in [7, 11) is 1.53. The lowest BCUT2D eigenvalue weighted by molar-refractivity contribution is 0.288. The van der Waals surface area contributed by atoms with E-state index in [-0.39, 0.29) is 18.4 Å². The molecule has 10 heteroatoms. The van der Waals surface area contributed by atoms with Crippen LogP contribution in [0.1, 0.15) is 12.0 Å². The van der Waals surface area contributed by atoms with E-state index >= 15 is 0 Å². The molecule has 0 bridgehead atoms. The van der Waals surface area contributed by atoms with Crippen molar-refractivity contribution in [3.05, 3.63) is 59.0 Å². The van der Waals surface area contributed by atoms with E-state index in [9.17, 15) is 4.39 Å². The first-order valence-electron chi connectivity index (χ1n) is 9.72. The second kappa shape index (κ2) is 9.34. The van der Waals surface area contributed by atoms with Crippen molar-refractivity contribution in [3.63, 3.8) is 0 Å². The van der Waals surface area contributed by atoms with Crippen LogP contribution in [0.2, 0.25) is 5.02 Å². The Morgan fingerprint density at radius 2 is 2.03 bits per heavy atom. The van der Waals surface area contributed by atoms with Crippen LogP contribution in [-0.4, -0.2) is 35.3 Å². The highest BCUT2D eigenvalue weighted by atomic mass is 35.5. The van der Waals surface area contributed by atoms with Gasteiger partial charge in [0.1, 0.15) is 5.75 Å². The third-order valence-electron chi connectivity index (χ3n) is 4.79. The monoisotopic (exact) mass is 444 g/mol. The fourth-order valence-electron chi connectivity index (χ4n) is 3.29. The number of nitrogens with zero attached hydrogens (tertiary/aromatic N) is 3. The maximum Gasteiger partial charge on any atom is 0.229 e. The Kier molecular flexibility index (Phi) is 6.36. The van der Waals surface area contributed by atoms with Crippen LogP contribution in [0.25, 0.3) is 0 Å². The first-order valence-corrected chi connectivity index (χ1v) is 10.1. The number of anilines is 5. The van der Waals surface area contributed by atoms with E-state index in [1.165, 1.54) is 7.11 Å². The molecule has 162 valence electrons. The smallest absolute Gasteiger partial charge is 0.229 e. The van der Waals surface area contributed by atoms with Gasteiger partial charge in [0.2, 0.25) is 5.95 Å². The molecule has 4 rings (SSSR count). The zero-order chi connectivity index (χ0) is 21.8. The number of hydrazine groups is 1. The zero-order valence-corrected chi connectivity index (χ0v) is 17.6. The van der Waals surface area contributed by atoms with Gasteiger partial charge in [0.25, 0.3) is 0 Å². The molecule has 0 atom stereocenters. The first kappa shape index (κ1) is 21.1. The van der Waals surface area contributed by atoms with Gasteiger partial charge in [-0.2, -0.15) is 4.98 Å². The number of halogens is 2. The Morgan fingerprint density at radius 1 is 1.23 bits per heavy atom. The number of aliphatic hydroxyl groups is 1. The van der Waals surface area contributed by atoms with E-state index in [2.05, 4.69) is 26.0 Å². The third kappa shape index (κ3) is 4.79. The number of benzene rings is 2. The summed E-state index contributed by atoms with van der Waals surface area (Å²) in [6, 6.07) is 10.9. The second-order valence-electron chi connectivity index (χ2n) is 6.90. The van der Waals surface area contributed by atoms with Gasteiger partial charge in [0.05, 0.1) is 24.0 Å². The third-order valence-corrected chi connectivity index (χ3v) is 5.08. The molecule has 0 spiro atoms. The van der Waals surface area contributed by atoms with Crippen LogP contribution >= 0.6 is 11.6 Å². The minimum Gasteiger partial charge on any atom is -0.495 e. The fourth-order valence-corrected chi connectivity index (χ4v) is 3.54. The van der Waals surface area contributed by atoms with E-state index in [0.29, 0.717) is 29.4 Å². The van der Waals surface area contributed by atoms with Gasteiger partial charge in [-0.05, 0) is 48.4 Å². The molecule has 0 amide bonds. The van der Waals surface area contributed by atoms with Crippen molar-refractivity contribution in [2.75, 3.05) is 35.9 Å². The largest absolute Gasteiger partial charge is 0.495 e. The number of hydrogen-bond acceptors (Lipinski definition) is 8. The standard InChI is InChI=1S/C21H22ClFN6O2/c1-31-19-6-4-15(10-16(19)22)26-20-17(23)12-24-21(28-20)27-14-3-5-18-13(9-14)11-25-29(18)7-2-8-30/h3-6,9-10,12,25,30H,2,7-8,11H2,1H3,(H2,24,26,27,28). The number of hydrogen-bond donors (Lipinski definition) is 4. The predicted octanol–water partition coefficient (Wildman–Crippen LogP) is 3.97. The highest BCUT2D eigenvalue weighted by Crippen LogP contribution is 2.31. The maximum atomic E-state index is 14.3. The fraction of sp³-hybridized carbons (Fsp3) is 0.238. The molecular formula is C21H22ClFN6O2. The highest BCUT2D eigenvalue weighted by molar-refractivity contribution is 6.32. The Hall–Kier alpha value is -3.14. The molecule has 4 N–H and O–H groups in total. The Labute approximate surface area is 184 Å². The molecule has 0 radical (unpaired) electrons. The van der Waals surface area contributed by atoms with Gasteiger partial charge in [-0.25, -0.2) is 14.8 Å². The van der Waals surface area contributed by atoms with Crippen molar-refractivity contribution in [1.29, 1.82) is 0 Å². The average molecular weight is 445 g/mol. The molecule has 0 saturated carbocycles. The van der Waals surface area contributed by atoms with Crippen molar-refractivity contribution in [1.82, 2.24) is 15.4 Å². The summed E-state index contributed by atoms with van der Waals surface area (Å²) >= 11 is 6.13. The van der Waals surface area contributed by atoms with Crippen LogP contribution in [0.5, 0.6) is 5.75 Å². The van der Waals surface area contributed by atoms with Gasteiger partial charge < -0.3 is 25.5 Å². The molecule has 0 saturated heterocycles. The number of rotatable bonds is 8. The van der Waals surface area contributed by atoms with E-state index in [1.54, 1.807) is 18.2 Å². The van der Waals surface area contributed by atoms with E-state index in [4.69, 9.17) is 21.4 Å². The van der Waals surface area contributed by atoms with Gasteiger partial charge in [-0.15, -0.1) is 0 Å². The van der Waals surface area contributed by atoms with Crippen LogP contribution in [0, 0.1) is 5.82 Å². The molecule has 8 nitrogen and oxygen atoms in total. The van der Waals surface area contributed by atoms with Crippen molar-refractivity contribution in [2.45, 2.75) is 13.0 Å². The number of nitrogens with one attached hydrogen (secondary N) is 3. The molecule has 0 fully saturated rings. The predicted molar refractivity (Wildman–Crippen MR) is 119 cm³/mol. The van der Waals surface area contributed by atoms with E-state index in [0.717, 1.165) is 29.7 Å². The number of ether oxygens (including phenoxy) is 1. The minimum absolute atomic E-state index is 0.0248. The van der Waals surface area contributed by atoms with Gasteiger partial charge in [-0.1, -0.05) is 11.6 Å². The normalized spacial score (nSPS) is 12.6. The van der Waals surface area contributed by atoms with Crippen molar-refractivity contribution >= 4 is 40.4 Å². The van der Waals surface area contributed by atoms with Gasteiger partial charge >= 0.3 is 0 Å². The SMILES string of the molecule is COc1ccc(Nc2nc(Nc3ccc4c(c3)CNN4CCCO)ncc2F)cc1Cl. The molecule has 31 heavy (non-hydrogen) atoms. The summed E-state index contributed by atoms with van der Waals surface area (Å²) in [6.07, 6.45) is 1.79. The number of aromatic nitrogens is 2. The summed E-state index contributed by atoms with van der Waals surface area (Å²) in [5.41, 5.74) is 6.82. The van der Waals surface area contributed by atoms with E-state index < -0.39 is 5.82 Å². The Bertz CT molecular complexity index is 1080. The Balaban J connectivity index is 1.49. The molecule has 2 aromatic carbocycles.